The summed E-state index contributed by atoms with van der Waals surface area (Å²) in [6.45, 7) is 9.12. The van der Waals surface area contributed by atoms with Crippen molar-refractivity contribution in [3.8, 4) is 0 Å². The van der Waals surface area contributed by atoms with Gasteiger partial charge in [-0.15, -0.1) is 0 Å². The SMILES string of the molecule is CCC1=C(C(C)C)N(C)CCN1C. The van der Waals surface area contributed by atoms with E-state index in [2.05, 4.69) is 44.7 Å². The number of rotatable bonds is 2. The lowest BCUT2D eigenvalue weighted by atomic mass is 10.0. The lowest BCUT2D eigenvalue weighted by Gasteiger charge is -2.38. The number of allylic oxidation sites excluding steroid dienone is 2. The van der Waals surface area contributed by atoms with E-state index in [9.17, 15) is 0 Å². The summed E-state index contributed by atoms with van der Waals surface area (Å²) in [5.41, 5.74) is 3.04. The molecule has 1 heterocycles. The van der Waals surface area contributed by atoms with Gasteiger partial charge in [0.05, 0.1) is 0 Å². The second kappa shape index (κ2) is 4.03. The molecule has 0 aromatic heterocycles. The van der Waals surface area contributed by atoms with E-state index < -0.39 is 0 Å². The van der Waals surface area contributed by atoms with E-state index >= 15 is 0 Å². The molecule has 0 aliphatic carbocycles. The largest absolute Gasteiger partial charge is 0.375 e. The molecular weight excluding hydrogens is 160 g/mol. The number of likely N-dealkylation sites (N-methyl/N-ethyl adjacent to an activating group) is 2. The summed E-state index contributed by atoms with van der Waals surface area (Å²) >= 11 is 0. The van der Waals surface area contributed by atoms with Gasteiger partial charge in [0.1, 0.15) is 0 Å². The van der Waals surface area contributed by atoms with Gasteiger partial charge >= 0.3 is 0 Å². The monoisotopic (exact) mass is 182 g/mol. The summed E-state index contributed by atoms with van der Waals surface area (Å²) in [6.07, 6.45) is 1.15. The average molecular weight is 182 g/mol. The zero-order valence-electron chi connectivity index (χ0n) is 9.59. The fraction of sp³-hybridized carbons (Fsp3) is 0.818. The Hall–Kier alpha value is -0.660. The van der Waals surface area contributed by atoms with Crippen LogP contribution in [0.2, 0.25) is 0 Å². The van der Waals surface area contributed by atoms with Crippen molar-refractivity contribution in [2.45, 2.75) is 27.2 Å². The minimum Gasteiger partial charge on any atom is -0.375 e. The van der Waals surface area contributed by atoms with E-state index in [0.29, 0.717) is 5.92 Å². The highest BCUT2D eigenvalue weighted by atomic mass is 15.2. The molecule has 0 aromatic carbocycles. The van der Waals surface area contributed by atoms with E-state index in [1.807, 2.05) is 0 Å². The molecule has 1 rings (SSSR count). The second-order valence-corrected chi connectivity index (χ2v) is 4.18. The quantitative estimate of drug-likeness (QED) is 0.645. The Bertz CT molecular complexity index is 206. The molecule has 0 saturated heterocycles. The van der Waals surface area contributed by atoms with E-state index in [1.54, 1.807) is 0 Å². The molecule has 0 bridgehead atoms. The highest BCUT2D eigenvalue weighted by Gasteiger charge is 2.21. The third-order valence-corrected chi connectivity index (χ3v) is 2.82. The van der Waals surface area contributed by atoms with E-state index in [1.165, 1.54) is 11.4 Å². The molecule has 0 unspecified atom stereocenters. The summed E-state index contributed by atoms with van der Waals surface area (Å²) in [5, 5.41) is 0. The first-order valence-electron chi connectivity index (χ1n) is 5.23. The van der Waals surface area contributed by atoms with Crippen LogP contribution in [0, 0.1) is 5.92 Å². The van der Waals surface area contributed by atoms with Gasteiger partial charge in [0.15, 0.2) is 0 Å². The van der Waals surface area contributed by atoms with E-state index in [0.717, 1.165) is 19.5 Å². The third-order valence-electron chi connectivity index (χ3n) is 2.82. The molecule has 0 atom stereocenters. The maximum Gasteiger partial charge on any atom is 0.0351 e. The summed E-state index contributed by atoms with van der Waals surface area (Å²) < 4.78 is 0. The predicted octanol–water partition coefficient (Wildman–Crippen LogP) is 2.14. The highest BCUT2D eigenvalue weighted by molar-refractivity contribution is 5.16. The Balaban J connectivity index is 3.00. The van der Waals surface area contributed by atoms with Crippen LogP contribution in [0.4, 0.5) is 0 Å². The fourth-order valence-corrected chi connectivity index (χ4v) is 2.20. The van der Waals surface area contributed by atoms with Gasteiger partial charge in [-0.25, -0.2) is 0 Å². The molecule has 1 aliphatic rings. The first-order chi connectivity index (χ1) is 6.07. The molecule has 0 aromatic rings. The zero-order valence-corrected chi connectivity index (χ0v) is 9.59. The molecule has 0 spiro atoms. The van der Waals surface area contributed by atoms with Crippen LogP contribution >= 0.6 is 0 Å². The Labute approximate surface area is 82.2 Å². The summed E-state index contributed by atoms with van der Waals surface area (Å²) in [6, 6.07) is 0. The molecule has 0 fully saturated rings. The molecule has 2 heteroatoms. The summed E-state index contributed by atoms with van der Waals surface area (Å²) in [5.74, 6) is 0.641. The van der Waals surface area contributed by atoms with Crippen molar-refractivity contribution in [1.82, 2.24) is 9.80 Å². The van der Waals surface area contributed by atoms with Gasteiger partial charge in [-0.1, -0.05) is 20.8 Å². The van der Waals surface area contributed by atoms with Crippen molar-refractivity contribution < 1.29 is 0 Å². The normalized spacial score (nSPS) is 18.9. The van der Waals surface area contributed by atoms with Crippen LogP contribution in [0.3, 0.4) is 0 Å². The van der Waals surface area contributed by atoms with Crippen molar-refractivity contribution in [2.75, 3.05) is 27.2 Å². The van der Waals surface area contributed by atoms with Crippen molar-refractivity contribution in [2.24, 2.45) is 5.92 Å². The molecule has 1 aliphatic heterocycles. The number of hydrogen-bond acceptors (Lipinski definition) is 2. The van der Waals surface area contributed by atoms with Gasteiger partial charge in [0.25, 0.3) is 0 Å². The standard InChI is InChI=1S/C11H22N2/c1-6-10-11(9(2)3)13(5)8-7-12(10)4/h9H,6-8H2,1-5H3. The molecular formula is C11H22N2. The maximum absolute atomic E-state index is 2.41. The van der Waals surface area contributed by atoms with Crippen molar-refractivity contribution >= 4 is 0 Å². The van der Waals surface area contributed by atoms with Crippen molar-refractivity contribution in [1.29, 1.82) is 0 Å². The van der Waals surface area contributed by atoms with E-state index in [-0.39, 0.29) is 0 Å². The molecule has 2 nitrogen and oxygen atoms in total. The van der Waals surface area contributed by atoms with Gasteiger partial charge in [-0.05, 0) is 12.3 Å². The van der Waals surface area contributed by atoms with Gasteiger partial charge < -0.3 is 9.80 Å². The molecule has 0 amide bonds. The summed E-state index contributed by atoms with van der Waals surface area (Å²) in [4.78, 5) is 4.80. The maximum atomic E-state index is 2.41. The third kappa shape index (κ3) is 1.98. The molecule has 13 heavy (non-hydrogen) atoms. The number of hydrogen-bond donors (Lipinski definition) is 0. The average Bonchev–Trinajstić information content (AvgIpc) is 2.07. The predicted molar refractivity (Wildman–Crippen MR) is 57.4 cm³/mol. The highest BCUT2D eigenvalue weighted by Crippen LogP contribution is 2.25. The fourth-order valence-electron chi connectivity index (χ4n) is 2.20. The smallest absolute Gasteiger partial charge is 0.0351 e. The van der Waals surface area contributed by atoms with Crippen LogP contribution in [0.5, 0.6) is 0 Å². The molecule has 76 valence electrons. The Kier molecular flexibility index (Phi) is 3.23. The van der Waals surface area contributed by atoms with Gasteiger partial charge in [-0.3, -0.25) is 0 Å². The first kappa shape index (κ1) is 10.4. The zero-order chi connectivity index (χ0) is 10.0. The first-order valence-corrected chi connectivity index (χ1v) is 5.23. The van der Waals surface area contributed by atoms with Crippen LogP contribution in [0.15, 0.2) is 11.4 Å². The van der Waals surface area contributed by atoms with Gasteiger partial charge in [0.2, 0.25) is 0 Å². The van der Waals surface area contributed by atoms with Crippen molar-refractivity contribution in [3.63, 3.8) is 0 Å². The molecule has 0 radical (unpaired) electrons. The molecule has 0 N–H and O–H groups in total. The van der Waals surface area contributed by atoms with Crippen LogP contribution in [0.25, 0.3) is 0 Å². The minimum atomic E-state index is 0.641. The van der Waals surface area contributed by atoms with Gasteiger partial charge in [-0.2, -0.15) is 0 Å². The Morgan fingerprint density at radius 1 is 1.15 bits per heavy atom. The topological polar surface area (TPSA) is 6.48 Å². The number of nitrogens with zero attached hydrogens (tertiary/aromatic N) is 2. The van der Waals surface area contributed by atoms with Crippen molar-refractivity contribution in [3.05, 3.63) is 11.4 Å². The van der Waals surface area contributed by atoms with Crippen LogP contribution < -0.4 is 0 Å². The second-order valence-electron chi connectivity index (χ2n) is 4.18. The Morgan fingerprint density at radius 3 is 2.08 bits per heavy atom. The van der Waals surface area contributed by atoms with Crippen LogP contribution in [-0.2, 0) is 0 Å². The lowest BCUT2D eigenvalue weighted by Crippen LogP contribution is -2.39. The van der Waals surface area contributed by atoms with E-state index in [4.69, 9.17) is 0 Å². The van der Waals surface area contributed by atoms with Crippen LogP contribution in [0.1, 0.15) is 27.2 Å². The van der Waals surface area contributed by atoms with Crippen LogP contribution in [-0.4, -0.2) is 37.0 Å². The summed E-state index contributed by atoms with van der Waals surface area (Å²) in [7, 11) is 4.41. The Morgan fingerprint density at radius 2 is 1.69 bits per heavy atom. The lowest BCUT2D eigenvalue weighted by molar-refractivity contribution is 0.249. The minimum absolute atomic E-state index is 0.641. The van der Waals surface area contributed by atoms with Gasteiger partial charge in [0, 0.05) is 38.6 Å². The molecule has 0 saturated carbocycles.